The number of amides is 3. The molecule has 0 radical (unpaired) electrons. The number of methoxy groups -OCH3 is 3. The third-order valence-corrected chi connectivity index (χ3v) is 8.34. The Morgan fingerprint density at radius 2 is 1.58 bits per heavy atom. The van der Waals surface area contributed by atoms with Gasteiger partial charge in [-0.1, -0.05) is 39.5 Å². The molecule has 1 aromatic rings. The van der Waals surface area contributed by atoms with Crippen LogP contribution in [0, 0.1) is 11.8 Å². The minimum absolute atomic E-state index is 0.0646. The second-order valence-electron chi connectivity index (χ2n) is 10.7. The van der Waals surface area contributed by atoms with Crippen molar-refractivity contribution >= 4 is 17.7 Å². The van der Waals surface area contributed by atoms with E-state index in [0.29, 0.717) is 36.6 Å². The van der Waals surface area contributed by atoms with Gasteiger partial charge in [-0.25, -0.2) is 0 Å². The van der Waals surface area contributed by atoms with E-state index < -0.39 is 23.9 Å². The number of likely N-dealkylation sites (tertiary alicyclic amines) is 1. The summed E-state index contributed by atoms with van der Waals surface area (Å²) in [6.45, 7) is 4.34. The standard InChI is InChI=1S/C29H45N3O6/c1-6-18(2)25(27(30)33)31-28(34)21-14-10-11-15-32(21)29(35)24(19-12-8-7-9-13-19)20-16-22(36-3)26(38-5)23(17-20)37-4/h16-19,21,24-25H,6-15H2,1-5H3,(H2,30,33)(H,31,34). The number of hydrogen-bond acceptors (Lipinski definition) is 6. The average molecular weight is 532 g/mol. The van der Waals surface area contributed by atoms with Gasteiger partial charge in [0.25, 0.3) is 0 Å². The van der Waals surface area contributed by atoms with Gasteiger partial charge in [0.05, 0.1) is 27.2 Å². The summed E-state index contributed by atoms with van der Waals surface area (Å²) in [4.78, 5) is 41.7. The van der Waals surface area contributed by atoms with Crippen LogP contribution in [0.5, 0.6) is 17.2 Å². The Balaban J connectivity index is 1.99. The molecule has 38 heavy (non-hydrogen) atoms. The molecule has 1 saturated heterocycles. The molecule has 0 aromatic heterocycles. The quantitative estimate of drug-likeness (QED) is 0.449. The van der Waals surface area contributed by atoms with Crippen LogP contribution in [-0.4, -0.2) is 62.6 Å². The zero-order chi connectivity index (χ0) is 27.8. The number of nitrogens with one attached hydrogen (secondary N) is 1. The topological polar surface area (TPSA) is 120 Å². The van der Waals surface area contributed by atoms with Crippen molar-refractivity contribution in [2.45, 2.75) is 89.6 Å². The number of nitrogens with zero attached hydrogens (tertiary/aromatic N) is 1. The Kier molecular flexibility index (Phi) is 10.7. The predicted octanol–water partition coefficient (Wildman–Crippen LogP) is 3.77. The SMILES string of the molecule is CCC(C)C(NC(=O)C1CCCCN1C(=O)C(c1cc(OC)c(OC)c(OC)c1)C1CCCCC1)C(N)=O. The number of carbonyl (C=O) groups excluding carboxylic acids is 3. The third-order valence-electron chi connectivity index (χ3n) is 8.34. The zero-order valence-electron chi connectivity index (χ0n) is 23.6. The molecule has 212 valence electrons. The summed E-state index contributed by atoms with van der Waals surface area (Å²) in [7, 11) is 4.69. The van der Waals surface area contributed by atoms with Gasteiger partial charge in [-0.05, 0) is 61.6 Å². The van der Waals surface area contributed by atoms with E-state index in [0.717, 1.165) is 50.5 Å². The average Bonchev–Trinajstić information content (AvgIpc) is 2.95. The fraction of sp³-hybridized carbons (Fsp3) is 0.690. The number of piperidine rings is 1. The van der Waals surface area contributed by atoms with Crippen LogP contribution in [0.2, 0.25) is 0 Å². The monoisotopic (exact) mass is 531 g/mol. The summed E-state index contributed by atoms with van der Waals surface area (Å²) in [6.07, 6.45) is 8.09. The summed E-state index contributed by atoms with van der Waals surface area (Å²) in [5.74, 6) is 0.146. The summed E-state index contributed by atoms with van der Waals surface area (Å²) in [5, 5.41) is 2.87. The number of primary amides is 1. The number of rotatable bonds is 11. The highest BCUT2D eigenvalue weighted by Gasteiger charge is 2.41. The van der Waals surface area contributed by atoms with Crippen LogP contribution in [0.4, 0.5) is 0 Å². The molecule has 2 fully saturated rings. The Hall–Kier alpha value is -2.97. The van der Waals surface area contributed by atoms with E-state index in [1.54, 1.807) is 26.2 Å². The highest BCUT2D eigenvalue weighted by molar-refractivity contribution is 5.93. The number of ether oxygens (including phenoxy) is 3. The van der Waals surface area contributed by atoms with Crippen molar-refractivity contribution in [2.75, 3.05) is 27.9 Å². The number of hydrogen-bond donors (Lipinski definition) is 2. The Labute approximate surface area is 226 Å². The predicted molar refractivity (Wildman–Crippen MR) is 145 cm³/mol. The molecule has 2 aliphatic rings. The highest BCUT2D eigenvalue weighted by atomic mass is 16.5. The second kappa shape index (κ2) is 13.7. The summed E-state index contributed by atoms with van der Waals surface area (Å²) in [6, 6.07) is 2.32. The molecule has 9 heteroatoms. The van der Waals surface area contributed by atoms with Crippen molar-refractivity contribution in [1.29, 1.82) is 0 Å². The van der Waals surface area contributed by atoms with Crippen molar-refractivity contribution in [3.8, 4) is 17.2 Å². The van der Waals surface area contributed by atoms with Crippen LogP contribution in [0.1, 0.15) is 83.1 Å². The Bertz CT molecular complexity index is 952. The fourth-order valence-electron chi connectivity index (χ4n) is 5.99. The van der Waals surface area contributed by atoms with E-state index in [4.69, 9.17) is 19.9 Å². The number of benzene rings is 1. The maximum absolute atomic E-state index is 14.4. The van der Waals surface area contributed by atoms with Crippen LogP contribution in [-0.2, 0) is 14.4 Å². The van der Waals surface area contributed by atoms with Gasteiger partial charge in [0.2, 0.25) is 23.5 Å². The number of nitrogens with two attached hydrogens (primary N) is 1. The van der Waals surface area contributed by atoms with Crippen molar-refractivity contribution in [1.82, 2.24) is 10.2 Å². The molecule has 1 aromatic carbocycles. The molecule has 1 saturated carbocycles. The molecule has 0 spiro atoms. The van der Waals surface area contributed by atoms with Gasteiger partial charge in [0, 0.05) is 6.54 Å². The molecular formula is C29H45N3O6. The second-order valence-corrected chi connectivity index (χ2v) is 10.7. The Morgan fingerprint density at radius 1 is 0.974 bits per heavy atom. The molecule has 9 nitrogen and oxygen atoms in total. The lowest BCUT2D eigenvalue weighted by molar-refractivity contribution is -0.145. The van der Waals surface area contributed by atoms with Crippen LogP contribution < -0.4 is 25.3 Å². The van der Waals surface area contributed by atoms with Gasteiger partial charge in [-0.3, -0.25) is 14.4 Å². The molecule has 4 unspecified atom stereocenters. The first-order chi connectivity index (χ1) is 18.3. The van der Waals surface area contributed by atoms with Gasteiger partial charge in [0.1, 0.15) is 12.1 Å². The molecule has 1 aliphatic heterocycles. The normalized spacial score (nSPS) is 20.7. The lowest BCUT2D eigenvalue weighted by atomic mass is 9.75. The maximum Gasteiger partial charge on any atom is 0.243 e. The molecule has 1 heterocycles. The van der Waals surface area contributed by atoms with E-state index in [2.05, 4.69) is 5.32 Å². The Morgan fingerprint density at radius 3 is 2.11 bits per heavy atom. The first-order valence-corrected chi connectivity index (χ1v) is 14.0. The van der Waals surface area contributed by atoms with E-state index in [1.165, 1.54) is 0 Å². The molecule has 0 bridgehead atoms. The van der Waals surface area contributed by atoms with Crippen LogP contribution in [0.15, 0.2) is 12.1 Å². The van der Waals surface area contributed by atoms with Crippen molar-refractivity contribution in [3.05, 3.63) is 17.7 Å². The van der Waals surface area contributed by atoms with E-state index in [1.807, 2.05) is 26.0 Å². The summed E-state index contributed by atoms with van der Waals surface area (Å²) >= 11 is 0. The zero-order valence-corrected chi connectivity index (χ0v) is 23.6. The molecule has 3 rings (SSSR count). The molecular weight excluding hydrogens is 486 g/mol. The minimum atomic E-state index is -0.768. The lowest BCUT2D eigenvalue weighted by Gasteiger charge is -2.40. The largest absolute Gasteiger partial charge is 0.493 e. The molecule has 4 atom stereocenters. The van der Waals surface area contributed by atoms with E-state index in [9.17, 15) is 14.4 Å². The van der Waals surface area contributed by atoms with Gasteiger partial charge >= 0.3 is 0 Å². The van der Waals surface area contributed by atoms with Crippen LogP contribution in [0.25, 0.3) is 0 Å². The number of carbonyl (C=O) groups is 3. The molecule has 3 N–H and O–H groups in total. The highest BCUT2D eigenvalue weighted by Crippen LogP contribution is 2.45. The van der Waals surface area contributed by atoms with Gasteiger partial charge in [-0.2, -0.15) is 0 Å². The fourth-order valence-corrected chi connectivity index (χ4v) is 5.99. The van der Waals surface area contributed by atoms with Crippen molar-refractivity contribution in [3.63, 3.8) is 0 Å². The first-order valence-electron chi connectivity index (χ1n) is 14.0. The van der Waals surface area contributed by atoms with E-state index >= 15 is 0 Å². The van der Waals surface area contributed by atoms with Crippen LogP contribution in [0.3, 0.4) is 0 Å². The third kappa shape index (κ3) is 6.53. The summed E-state index contributed by atoms with van der Waals surface area (Å²) < 4.78 is 16.7. The molecule has 1 aliphatic carbocycles. The lowest BCUT2D eigenvalue weighted by Crippen LogP contribution is -2.58. The van der Waals surface area contributed by atoms with Crippen LogP contribution >= 0.6 is 0 Å². The van der Waals surface area contributed by atoms with Gasteiger partial charge < -0.3 is 30.2 Å². The van der Waals surface area contributed by atoms with E-state index in [-0.39, 0.29) is 23.7 Å². The van der Waals surface area contributed by atoms with Gasteiger partial charge in [0.15, 0.2) is 11.5 Å². The first kappa shape index (κ1) is 29.6. The minimum Gasteiger partial charge on any atom is -0.493 e. The summed E-state index contributed by atoms with van der Waals surface area (Å²) in [5.41, 5.74) is 6.42. The van der Waals surface area contributed by atoms with Gasteiger partial charge in [-0.15, -0.1) is 0 Å². The smallest absolute Gasteiger partial charge is 0.243 e. The van der Waals surface area contributed by atoms with Crippen molar-refractivity contribution < 1.29 is 28.6 Å². The molecule has 3 amide bonds. The maximum atomic E-state index is 14.4. The van der Waals surface area contributed by atoms with Crippen molar-refractivity contribution in [2.24, 2.45) is 17.6 Å².